The lowest BCUT2D eigenvalue weighted by molar-refractivity contribution is 0.0497. The second-order valence-corrected chi connectivity index (χ2v) is 6.17. The minimum absolute atomic E-state index is 0.168. The van der Waals surface area contributed by atoms with Gasteiger partial charge in [-0.3, -0.25) is 0 Å². The molecule has 0 aliphatic carbocycles. The van der Waals surface area contributed by atoms with Gasteiger partial charge in [-0.1, -0.05) is 25.5 Å². The van der Waals surface area contributed by atoms with E-state index in [0.29, 0.717) is 5.92 Å². The molecule has 1 saturated heterocycles. The quantitative estimate of drug-likeness (QED) is 0.754. The van der Waals surface area contributed by atoms with Gasteiger partial charge in [-0.15, -0.1) is 0 Å². The van der Waals surface area contributed by atoms with Crippen molar-refractivity contribution in [1.29, 1.82) is 0 Å². The summed E-state index contributed by atoms with van der Waals surface area (Å²) in [4.78, 5) is 11.8. The highest BCUT2D eigenvalue weighted by Crippen LogP contribution is 2.15. The molecule has 0 aromatic rings. The predicted molar refractivity (Wildman–Crippen MR) is 78.2 cm³/mol. The van der Waals surface area contributed by atoms with Gasteiger partial charge in [-0.05, 0) is 39.5 Å². The van der Waals surface area contributed by atoms with Crippen LogP contribution in [0.1, 0.15) is 47.0 Å². The first kappa shape index (κ1) is 16.0. The number of carbonyl (C=O) groups excluding carboxylic acids is 1. The van der Waals surface area contributed by atoms with Crippen molar-refractivity contribution in [3.8, 4) is 0 Å². The molecule has 0 saturated carbocycles. The van der Waals surface area contributed by atoms with Gasteiger partial charge in [0.25, 0.3) is 0 Å². The third-order valence-corrected chi connectivity index (χ3v) is 3.10. The van der Waals surface area contributed by atoms with Crippen molar-refractivity contribution in [1.82, 2.24) is 10.6 Å². The summed E-state index contributed by atoms with van der Waals surface area (Å²) in [5.41, 5.74) is -0.438. The maximum atomic E-state index is 11.8. The van der Waals surface area contributed by atoms with E-state index in [1.54, 1.807) is 0 Å². The van der Waals surface area contributed by atoms with E-state index in [2.05, 4.69) is 29.7 Å². The first-order chi connectivity index (χ1) is 8.92. The van der Waals surface area contributed by atoms with Gasteiger partial charge in [0.15, 0.2) is 0 Å². The van der Waals surface area contributed by atoms with E-state index in [1.807, 2.05) is 20.8 Å². The fourth-order valence-corrected chi connectivity index (χ4v) is 2.16. The molecule has 0 radical (unpaired) electrons. The SMILES string of the molecule is CCC/C=C/C[C@H]1CNC[C@H]1NC(=O)OC(C)(C)C. The van der Waals surface area contributed by atoms with Crippen molar-refractivity contribution in [2.45, 2.75) is 58.6 Å². The summed E-state index contributed by atoms with van der Waals surface area (Å²) in [6.07, 6.45) is 7.45. The molecule has 4 heteroatoms. The van der Waals surface area contributed by atoms with E-state index in [9.17, 15) is 4.79 Å². The van der Waals surface area contributed by atoms with E-state index < -0.39 is 5.60 Å². The van der Waals surface area contributed by atoms with E-state index >= 15 is 0 Å². The van der Waals surface area contributed by atoms with Crippen molar-refractivity contribution in [3.63, 3.8) is 0 Å². The third kappa shape index (κ3) is 6.62. The molecule has 0 aromatic carbocycles. The van der Waals surface area contributed by atoms with Crippen LogP contribution in [0.25, 0.3) is 0 Å². The molecule has 1 aliphatic heterocycles. The number of hydrogen-bond donors (Lipinski definition) is 2. The molecule has 0 aromatic heterocycles. The maximum Gasteiger partial charge on any atom is 0.407 e. The third-order valence-electron chi connectivity index (χ3n) is 3.10. The Morgan fingerprint density at radius 3 is 2.74 bits per heavy atom. The minimum Gasteiger partial charge on any atom is -0.444 e. The Morgan fingerprint density at radius 1 is 1.37 bits per heavy atom. The molecule has 1 heterocycles. The Hall–Kier alpha value is -1.03. The number of alkyl carbamates (subject to hydrolysis) is 1. The number of hydrogen-bond acceptors (Lipinski definition) is 3. The zero-order valence-corrected chi connectivity index (χ0v) is 12.7. The normalized spacial score (nSPS) is 23.8. The van der Waals surface area contributed by atoms with Gasteiger partial charge in [0, 0.05) is 19.1 Å². The molecule has 1 rings (SSSR count). The number of allylic oxidation sites excluding steroid dienone is 2. The average Bonchev–Trinajstić information content (AvgIpc) is 2.69. The van der Waals surface area contributed by atoms with Gasteiger partial charge in [0.1, 0.15) is 5.60 Å². The van der Waals surface area contributed by atoms with Crippen molar-refractivity contribution >= 4 is 6.09 Å². The molecule has 4 nitrogen and oxygen atoms in total. The molecule has 0 bridgehead atoms. The van der Waals surface area contributed by atoms with E-state index in [1.165, 1.54) is 6.42 Å². The van der Waals surface area contributed by atoms with Gasteiger partial charge < -0.3 is 15.4 Å². The smallest absolute Gasteiger partial charge is 0.407 e. The molecule has 110 valence electrons. The summed E-state index contributed by atoms with van der Waals surface area (Å²) in [6.45, 7) is 9.59. The summed E-state index contributed by atoms with van der Waals surface area (Å²) in [5, 5.41) is 6.30. The standard InChI is InChI=1S/C15H28N2O2/c1-5-6-7-8-9-12-10-16-11-13(12)17-14(18)19-15(2,3)4/h7-8,12-13,16H,5-6,9-11H2,1-4H3,(H,17,18)/b8-7+/t12-,13+/m0/s1. The molecule has 19 heavy (non-hydrogen) atoms. The van der Waals surface area contributed by atoms with Crippen LogP contribution in [0, 0.1) is 5.92 Å². The highest BCUT2D eigenvalue weighted by Gasteiger charge is 2.28. The van der Waals surface area contributed by atoms with Crippen LogP contribution in [0.5, 0.6) is 0 Å². The number of carbonyl (C=O) groups is 1. The van der Waals surface area contributed by atoms with Gasteiger partial charge in [0.2, 0.25) is 0 Å². The minimum atomic E-state index is -0.438. The van der Waals surface area contributed by atoms with Crippen LogP contribution >= 0.6 is 0 Å². The fourth-order valence-electron chi connectivity index (χ4n) is 2.16. The first-order valence-electron chi connectivity index (χ1n) is 7.27. The van der Waals surface area contributed by atoms with Crippen molar-refractivity contribution < 1.29 is 9.53 Å². The molecule has 2 N–H and O–H groups in total. The Balaban J connectivity index is 2.37. The van der Waals surface area contributed by atoms with Crippen molar-refractivity contribution in [3.05, 3.63) is 12.2 Å². The van der Waals surface area contributed by atoms with Crippen molar-refractivity contribution in [2.24, 2.45) is 5.92 Å². The second-order valence-electron chi connectivity index (χ2n) is 6.17. The number of rotatable bonds is 5. The number of unbranched alkanes of at least 4 members (excludes halogenated alkanes) is 1. The Labute approximate surface area is 117 Å². The maximum absolute atomic E-state index is 11.8. The lowest BCUT2D eigenvalue weighted by atomic mass is 9.99. The lowest BCUT2D eigenvalue weighted by Gasteiger charge is -2.23. The van der Waals surface area contributed by atoms with Crippen LogP contribution in [0.15, 0.2) is 12.2 Å². The predicted octanol–water partition coefficient (Wildman–Crippen LogP) is 2.85. The van der Waals surface area contributed by atoms with Crippen molar-refractivity contribution in [2.75, 3.05) is 13.1 Å². The highest BCUT2D eigenvalue weighted by atomic mass is 16.6. The van der Waals surface area contributed by atoms with Gasteiger partial charge >= 0.3 is 6.09 Å². The van der Waals surface area contributed by atoms with E-state index in [4.69, 9.17) is 4.74 Å². The van der Waals surface area contributed by atoms with Crippen LogP contribution in [0.4, 0.5) is 4.79 Å². The van der Waals surface area contributed by atoms with Crippen LogP contribution in [0.3, 0.4) is 0 Å². The Kier molecular flexibility index (Phi) is 6.35. The molecule has 0 spiro atoms. The molecule has 0 unspecified atom stereocenters. The molecular formula is C15H28N2O2. The summed E-state index contributed by atoms with van der Waals surface area (Å²) < 4.78 is 5.30. The number of amides is 1. The van der Waals surface area contributed by atoms with Crippen LogP contribution in [-0.2, 0) is 4.74 Å². The van der Waals surface area contributed by atoms with Gasteiger partial charge in [-0.2, -0.15) is 0 Å². The zero-order valence-electron chi connectivity index (χ0n) is 12.7. The summed E-state index contributed by atoms with van der Waals surface area (Å²) in [5.74, 6) is 0.459. The molecule has 2 atom stereocenters. The van der Waals surface area contributed by atoms with Crippen LogP contribution in [0.2, 0.25) is 0 Å². The molecule has 1 fully saturated rings. The van der Waals surface area contributed by atoms with Crippen LogP contribution < -0.4 is 10.6 Å². The molecule has 1 amide bonds. The molecule has 1 aliphatic rings. The molecular weight excluding hydrogens is 240 g/mol. The van der Waals surface area contributed by atoms with Gasteiger partial charge in [0.05, 0.1) is 0 Å². The zero-order chi connectivity index (χ0) is 14.3. The number of nitrogens with one attached hydrogen (secondary N) is 2. The first-order valence-corrected chi connectivity index (χ1v) is 7.27. The second kappa shape index (κ2) is 7.53. The van der Waals surface area contributed by atoms with E-state index in [0.717, 1.165) is 25.9 Å². The Bertz CT molecular complexity index is 308. The number of ether oxygens (including phenoxy) is 1. The van der Waals surface area contributed by atoms with Gasteiger partial charge in [-0.25, -0.2) is 4.79 Å². The van der Waals surface area contributed by atoms with Crippen LogP contribution in [-0.4, -0.2) is 30.8 Å². The highest BCUT2D eigenvalue weighted by molar-refractivity contribution is 5.68. The topological polar surface area (TPSA) is 50.4 Å². The summed E-state index contributed by atoms with van der Waals surface area (Å²) >= 11 is 0. The summed E-state index contributed by atoms with van der Waals surface area (Å²) in [6, 6.07) is 0.168. The summed E-state index contributed by atoms with van der Waals surface area (Å²) in [7, 11) is 0. The largest absolute Gasteiger partial charge is 0.444 e. The average molecular weight is 268 g/mol. The lowest BCUT2D eigenvalue weighted by Crippen LogP contribution is -2.43. The fraction of sp³-hybridized carbons (Fsp3) is 0.800. The Morgan fingerprint density at radius 2 is 2.11 bits per heavy atom. The monoisotopic (exact) mass is 268 g/mol. The van der Waals surface area contributed by atoms with E-state index in [-0.39, 0.29) is 12.1 Å².